The first-order chi connectivity index (χ1) is 17.7. The Morgan fingerprint density at radius 3 is 2.32 bits per heavy atom. The number of carbonyl (C=O) groups is 1. The molecular weight excluding hydrogens is 460 g/mol. The molecule has 0 saturated heterocycles. The summed E-state index contributed by atoms with van der Waals surface area (Å²) in [5, 5.41) is 17.9. The summed E-state index contributed by atoms with van der Waals surface area (Å²) in [5.41, 5.74) is 5.72. The quantitative estimate of drug-likeness (QED) is 0.274. The molecule has 0 radical (unpaired) electrons. The summed E-state index contributed by atoms with van der Waals surface area (Å²) in [7, 11) is 0. The highest BCUT2D eigenvalue weighted by Gasteiger charge is 2.21. The molecule has 1 amide bonds. The van der Waals surface area contributed by atoms with Gasteiger partial charge in [0.2, 0.25) is 11.7 Å². The largest absolute Gasteiger partial charge is 0.365 e. The van der Waals surface area contributed by atoms with Gasteiger partial charge in [0.25, 0.3) is 0 Å². The van der Waals surface area contributed by atoms with Gasteiger partial charge in [-0.25, -0.2) is 0 Å². The predicted molar refractivity (Wildman–Crippen MR) is 150 cm³/mol. The van der Waals surface area contributed by atoms with Crippen molar-refractivity contribution in [2.45, 2.75) is 47.6 Å². The van der Waals surface area contributed by atoms with Crippen LogP contribution in [-0.2, 0) is 11.3 Å². The summed E-state index contributed by atoms with van der Waals surface area (Å²) < 4.78 is 0. The molecule has 3 aromatic carbocycles. The van der Waals surface area contributed by atoms with Crippen LogP contribution in [0.25, 0.3) is 22.5 Å². The molecule has 0 aliphatic rings. The van der Waals surface area contributed by atoms with Gasteiger partial charge >= 0.3 is 0 Å². The van der Waals surface area contributed by atoms with Crippen LogP contribution in [0.5, 0.6) is 0 Å². The maximum Gasteiger partial charge on any atom is 0.224 e. The molecular formula is C30H36N6O. The van der Waals surface area contributed by atoms with Crippen molar-refractivity contribution in [2.75, 3.05) is 16.8 Å². The van der Waals surface area contributed by atoms with E-state index in [1.54, 1.807) is 0 Å². The topological polar surface area (TPSA) is 86.8 Å². The summed E-state index contributed by atoms with van der Waals surface area (Å²) in [6.45, 7) is 12.3. The Morgan fingerprint density at radius 1 is 0.973 bits per heavy atom. The summed E-state index contributed by atoms with van der Waals surface area (Å²) >= 11 is 0. The number of rotatable bonds is 9. The van der Waals surface area contributed by atoms with Gasteiger partial charge in [0.05, 0.1) is 11.4 Å². The first-order valence-corrected chi connectivity index (χ1v) is 12.8. The van der Waals surface area contributed by atoms with Gasteiger partial charge in [-0.2, -0.15) is 5.21 Å². The molecule has 2 N–H and O–H groups in total. The Balaban J connectivity index is 1.79. The number of hydrogen-bond acceptors (Lipinski definition) is 5. The summed E-state index contributed by atoms with van der Waals surface area (Å²) in [6.07, 6.45) is 0.430. The van der Waals surface area contributed by atoms with Crippen LogP contribution in [0.3, 0.4) is 0 Å². The molecule has 1 aromatic heterocycles. The number of anilines is 2. The number of tetrazole rings is 1. The maximum absolute atomic E-state index is 13.1. The lowest BCUT2D eigenvalue weighted by atomic mass is 9.92. The van der Waals surface area contributed by atoms with Crippen molar-refractivity contribution >= 4 is 17.3 Å². The molecule has 192 valence electrons. The molecule has 0 aliphatic heterocycles. The smallest absolute Gasteiger partial charge is 0.224 e. The molecule has 0 saturated carbocycles. The van der Waals surface area contributed by atoms with E-state index in [4.69, 9.17) is 0 Å². The number of nitrogens with zero attached hydrogens (tertiary/aromatic N) is 4. The highest BCUT2D eigenvalue weighted by molar-refractivity contribution is 5.96. The van der Waals surface area contributed by atoms with Gasteiger partial charge in [-0.1, -0.05) is 95.3 Å². The second kappa shape index (κ2) is 11.4. The monoisotopic (exact) mass is 496 g/mol. The van der Waals surface area contributed by atoms with Crippen LogP contribution < -0.4 is 10.2 Å². The number of hydrogen-bond donors (Lipinski definition) is 2. The molecule has 37 heavy (non-hydrogen) atoms. The summed E-state index contributed by atoms with van der Waals surface area (Å²) in [6, 6.07) is 24.7. The van der Waals surface area contributed by atoms with E-state index in [1.807, 2.05) is 30.3 Å². The van der Waals surface area contributed by atoms with E-state index in [0.29, 0.717) is 18.2 Å². The zero-order valence-corrected chi connectivity index (χ0v) is 22.3. The fourth-order valence-corrected chi connectivity index (χ4v) is 4.45. The van der Waals surface area contributed by atoms with Gasteiger partial charge in [-0.15, -0.1) is 10.2 Å². The van der Waals surface area contributed by atoms with Crippen LogP contribution in [0.4, 0.5) is 11.4 Å². The number of carbonyl (C=O) groups excluding carboxylic acids is 1. The van der Waals surface area contributed by atoms with E-state index >= 15 is 0 Å². The lowest BCUT2D eigenvalue weighted by Crippen LogP contribution is -2.29. The molecule has 7 heteroatoms. The van der Waals surface area contributed by atoms with Gasteiger partial charge in [0.1, 0.15) is 0 Å². The number of H-pyrrole nitrogens is 1. The molecule has 0 spiro atoms. The zero-order valence-electron chi connectivity index (χ0n) is 22.3. The van der Waals surface area contributed by atoms with Crippen molar-refractivity contribution in [1.82, 2.24) is 20.6 Å². The van der Waals surface area contributed by atoms with E-state index in [1.165, 1.54) is 5.56 Å². The fourth-order valence-electron chi connectivity index (χ4n) is 4.45. The SMILES string of the molecule is CC(C)CN(Cc1ccccc1)c1ccc(-c2ccccc2-c2nn[nH]n2)cc1NC(=O)CC(C)(C)C. The van der Waals surface area contributed by atoms with Crippen molar-refractivity contribution in [3.05, 3.63) is 78.4 Å². The first kappa shape index (κ1) is 26.1. The fraction of sp³-hybridized carbons (Fsp3) is 0.333. The molecule has 4 rings (SSSR count). The van der Waals surface area contributed by atoms with Crippen LogP contribution in [0, 0.1) is 11.3 Å². The van der Waals surface area contributed by atoms with Gasteiger partial charge in [-0.05, 0) is 45.4 Å². The van der Waals surface area contributed by atoms with E-state index < -0.39 is 0 Å². The van der Waals surface area contributed by atoms with Gasteiger partial charge in [0, 0.05) is 25.1 Å². The Morgan fingerprint density at radius 2 is 1.68 bits per heavy atom. The number of amides is 1. The molecule has 7 nitrogen and oxygen atoms in total. The number of nitrogens with one attached hydrogen (secondary N) is 2. The highest BCUT2D eigenvalue weighted by Crippen LogP contribution is 2.37. The lowest BCUT2D eigenvalue weighted by molar-refractivity contribution is -0.117. The Bertz CT molecular complexity index is 1310. The minimum Gasteiger partial charge on any atom is -0.365 e. The van der Waals surface area contributed by atoms with Crippen LogP contribution in [0.2, 0.25) is 0 Å². The molecule has 0 fully saturated rings. The third-order valence-corrected chi connectivity index (χ3v) is 5.93. The predicted octanol–water partition coefficient (Wildman–Crippen LogP) is 6.57. The minimum atomic E-state index is -0.116. The number of benzene rings is 3. The number of aromatic amines is 1. The average molecular weight is 497 g/mol. The van der Waals surface area contributed by atoms with Crippen LogP contribution >= 0.6 is 0 Å². The zero-order chi connectivity index (χ0) is 26.4. The highest BCUT2D eigenvalue weighted by atomic mass is 16.1. The molecule has 0 aliphatic carbocycles. The minimum absolute atomic E-state index is 0.00145. The number of aromatic nitrogens is 4. The molecule has 0 unspecified atom stereocenters. The van der Waals surface area contributed by atoms with E-state index in [2.05, 4.69) is 108 Å². The molecule has 4 aromatic rings. The van der Waals surface area contributed by atoms with Gasteiger partial charge < -0.3 is 10.2 Å². The van der Waals surface area contributed by atoms with Crippen LogP contribution in [-0.4, -0.2) is 33.1 Å². The lowest BCUT2D eigenvalue weighted by Gasteiger charge is -2.30. The maximum atomic E-state index is 13.1. The van der Waals surface area contributed by atoms with Crippen molar-refractivity contribution in [2.24, 2.45) is 11.3 Å². The van der Waals surface area contributed by atoms with Crippen molar-refractivity contribution in [1.29, 1.82) is 0 Å². The van der Waals surface area contributed by atoms with Gasteiger partial charge in [-0.3, -0.25) is 4.79 Å². The van der Waals surface area contributed by atoms with Crippen molar-refractivity contribution < 1.29 is 4.79 Å². The van der Waals surface area contributed by atoms with Crippen LogP contribution in [0.15, 0.2) is 72.8 Å². The van der Waals surface area contributed by atoms with Crippen molar-refractivity contribution in [3.8, 4) is 22.5 Å². The Hall–Kier alpha value is -4.00. The Kier molecular flexibility index (Phi) is 8.01. The van der Waals surface area contributed by atoms with Crippen LogP contribution in [0.1, 0.15) is 46.6 Å². The second-order valence-electron chi connectivity index (χ2n) is 11.1. The summed E-state index contributed by atoms with van der Waals surface area (Å²) in [5.74, 6) is 0.977. The van der Waals surface area contributed by atoms with E-state index in [0.717, 1.165) is 41.2 Å². The van der Waals surface area contributed by atoms with E-state index in [9.17, 15) is 4.79 Å². The molecule has 1 heterocycles. The first-order valence-electron chi connectivity index (χ1n) is 12.8. The molecule has 0 bridgehead atoms. The third kappa shape index (κ3) is 7.03. The Labute approximate surface area is 219 Å². The second-order valence-corrected chi connectivity index (χ2v) is 11.1. The average Bonchev–Trinajstić information content (AvgIpc) is 3.38. The van der Waals surface area contributed by atoms with Crippen molar-refractivity contribution in [3.63, 3.8) is 0 Å². The standard InChI is InChI=1S/C30H36N6O/c1-21(2)19-36(20-22-11-7-6-8-12-22)27-16-15-23(17-26(27)31-28(37)18-30(3,4)5)24-13-9-10-14-25(24)29-32-34-35-33-29/h6-17,21H,18-20H2,1-5H3,(H,31,37)(H,32,33,34,35). The normalized spacial score (nSPS) is 11.5. The van der Waals surface area contributed by atoms with Gasteiger partial charge in [0.15, 0.2) is 0 Å². The third-order valence-electron chi connectivity index (χ3n) is 5.93. The summed E-state index contributed by atoms with van der Waals surface area (Å²) in [4.78, 5) is 15.5. The van der Waals surface area contributed by atoms with E-state index in [-0.39, 0.29) is 11.3 Å². The molecule has 0 atom stereocenters.